The number of likely N-dealkylation sites (N-methyl/N-ethyl adjacent to an activating group) is 1. The number of ether oxygens (including phenoxy) is 1. The van der Waals surface area contributed by atoms with Crippen LogP contribution in [0.5, 0.6) is 0 Å². The van der Waals surface area contributed by atoms with Gasteiger partial charge in [0.15, 0.2) is 0 Å². The van der Waals surface area contributed by atoms with Crippen LogP contribution in [0, 0.1) is 0 Å². The Bertz CT molecular complexity index is 340. The third kappa shape index (κ3) is 2.95. The Morgan fingerprint density at radius 2 is 2.44 bits per heavy atom. The Balaban J connectivity index is 1.96. The highest BCUT2D eigenvalue weighted by molar-refractivity contribution is 9.10. The number of aromatic nitrogens is 1. The minimum Gasteiger partial charge on any atom is -0.376 e. The lowest BCUT2D eigenvalue weighted by molar-refractivity contribution is 0.0216. The predicted octanol–water partition coefficient (Wildman–Crippen LogP) is 2.85. The third-order valence-electron chi connectivity index (χ3n) is 2.91. The molecule has 1 aromatic rings. The summed E-state index contributed by atoms with van der Waals surface area (Å²) in [5.74, 6) is 0. The average molecular weight is 285 g/mol. The fraction of sp³-hybridized carbons (Fsp3) is 0.583. The maximum atomic E-state index is 5.74. The van der Waals surface area contributed by atoms with Gasteiger partial charge in [0.2, 0.25) is 0 Å². The van der Waals surface area contributed by atoms with Gasteiger partial charge in [0, 0.05) is 32.6 Å². The van der Waals surface area contributed by atoms with E-state index in [1.165, 1.54) is 24.9 Å². The van der Waals surface area contributed by atoms with E-state index in [0.717, 1.165) is 17.6 Å². The van der Waals surface area contributed by atoms with Crippen LogP contribution in [0.25, 0.3) is 0 Å². The Hall–Kier alpha value is -0.610. The maximum Gasteiger partial charge on any atom is 0.0749 e. The summed E-state index contributed by atoms with van der Waals surface area (Å²) >= 11 is 3.52. The Morgan fingerprint density at radius 1 is 1.56 bits per heavy atom. The molecule has 1 fully saturated rings. The van der Waals surface area contributed by atoms with Crippen LogP contribution in [0.15, 0.2) is 22.9 Å². The second-order valence-electron chi connectivity index (χ2n) is 4.20. The van der Waals surface area contributed by atoms with E-state index in [1.807, 2.05) is 18.5 Å². The van der Waals surface area contributed by atoms with Crippen LogP contribution in [0.4, 0.5) is 5.69 Å². The lowest BCUT2D eigenvalue weighted by Gasteiger charge is -2.29. The van der Waals surface area contributed by atoms with Crippen LogP contribution in [0.2, 0.25) is 0 Å². The van der Waals surface area contributed by atoms with Gasteiger partial charge in [-0.05, 0) is 41.3 Å². The summed E-state index contributed by atoms with van der Waals surface area (Å²) < 4.78 is 6.77. The Kier molecular flexibility index (Phi) is 4.18. The number of anilines is 1. The minimum atomic E-state index is 0.374. The zero-order chi connectivity index (χ0) is 11.4. The molecule has 0 bridgehead atoms. The van der Waals surface area contributed by atoms with Gasteiger partial charge in [0.25, 0.3) is 0 Å². The molecule has 0 N–H and O–H groups in total. The van der Waals surface area contributed by atoms with Crippen molar-refractivity contribution < 1.29 is 4.74 Å². The summed E-state index contributed by atoms with van der Waals surface area (Å²) in [4.78, 5) is 6.29. The van der Waals surface area contributed by atoms with Crippen LogP contribution < -0.4 is 4.90 Å². The van der Waals surface area contributed by atoms with Crippen LogP contribution in [0.1, 0.15) is 19.3 Å². The second kappa shape index (κ2) is 5.64. The van der Waals surface area contributed by atoms with Gasteiger partial charge < -0.3 is 9.64 Å². The molecule has 0 aliphatic carbocycles. The minimum absolute atomic E-state index is 0.374. The zero-order valence-corrected chi connectivity index (χ0v) is 11.1. The molecular formula is C12H17BrN2O. The predicted molar refractivity (Wildman–Crippen MR) is 68.8 cm³/mol. The van der Waals surface area contributed by atoms with Crippen molar-refractivity contribution in [3.05, 3.63) is 22.9 Å². The summed E-state index contributed by atoms with van der Waals surface area (Å²) in [6.45, 7) is 1.86. The lowest BCUT2D eigenvalue weighted by atomic mass is 10.1. The molecule has 1 aliphatic heterocycles. The van der Waals surface area contributed by atoms with E-state index in [9.17, 15) is 0 Å². The first-order valence-corrected chi connectivity index (χ1v) is 6.49. The van der Waals surface area contributed by atoms with Crippen molar-refractivity contribution >= 4 is 21.6 Å². The molecule has 1 unspecified atom stereocenters. The maximum absolute atomic E-state index is 5.74. The van der Waals surface area contributed by atoms with Crippen LogP contribution in [0.3, 0.4) is 0 Å². The highest BCUT2D eigenvalue weighted by atomic mass is 79.9. The van der Waals surface area contributed by atoms with Crippen LogP contribution in [-0.2, 0) is 4.74 Å². The van der Waals surface area contributed by atoms with Gasteiger partial charge in [-0.1, -0.05) is 0 Å². The van der Waals surface area contributed by atoms with E-state index in [2.05, 4.69) is 32.9 Å². The number of hydrogen-bond donors (Lipinski definition) is 0. The average Bonchev–Trinajstić information content (AvgIpc) is 2.31. The summed E-state index contributed by atoms with van der Waals surface area (Å²) in [6, 6.07) is 2.02. The second-order valence-corrected chi connectivity index (χ2v) is 5.05. The van der Waals surface area contributed by atoms with Crippen molar-refractivity contribution in [2.24, 2.45) is 0 Å². The fourth-order valence-corrected chi connectivity index (χ4v) is 2.59. The van der Waals surface area contributed by atoms with Gasteiger partial charge in [-0.2, -0.15) is 0 Å². The van der Waals surface area contributed by atoms with Gasteiger partial charge in [-0.3, -0.25) is 4.98 Å². The fourth-order valence-electron chi connectivity index (χ4n) is 2.03. The number of halogens is 1. The van der Waals surface area contributed by atoms with Crippen molar-refractivity contribution in [2.45, 2.75) is 25.4 Å². The van der Waals surface area contributed by atoms with E-state index in [4.69, 9.17) is 4.74 Å². The molecule has 4 heteroatoms. The van der Waals surface area contributed by atoms with Gasteiger partial charge in [0.05, 0.1) is 16.3 Å². The SMILES string of the molecule is CN(CC1CCCCO1)c1ccncc1Br. The molecule has 2 rings (SSSR count). The van der Waals surface area contributed by atoms with Crippen molar-refractivity contribution in [3.63, 3.8) is 0 Å². The third-order valence-corrected chi connectivity index (χ3v) is 3.52. The van der Waals surface area contributed by atoms with Gasteiger partial charge in [0.1, 0.15) is 0 Å². The lowest BCUT2D eigenvalue weighted by Crippen LogP contribution is -2.33. The summed E-state index contributed by atoms with van der Waals surface area (Å²) in [6.07, 6.45) is 7.69. The van der Waals surface area contributed by atoms with Gasteiger partial charge in [-0.15, -0.1) is 0 Å². The quantitative estimate of drug-likeness (QED) is 0.854. The molecule has 0 aromatic carbocycles. The molecule has 0 saturated carbocycles. The largest absolute Gasteiger partial charge is 0.376 e. The topological polar surface area (TPSA) is 25.4 Å². The summed E-state index contributed by atoms with van der Waals surface area (Å²) in [5.41, 5.74) is 1.17. The smallest absolute Gasteiger partial charge is 0.0749 e. The first kappa shape index (κ1) is 11.9. The Labute approximate surface area is 105 Å². The van der Waals surface area contributed by atoms with E-state index in [-0.39, 0.29) is 0 Å². The number of nitrogens with zero attached hydrogens (tertiary/aromatic N) is 2. The molecule has 3 nitrogen and oxygen atoms in total. The van der Waals surface area contributed by atoms with Crippen molar-refractivity contribution in [1.29, 1.82) is 0 Å². The van der Waals surface area contributed by atoms with Crippen molar-refractivity contribution in [2.75, 3.05) is 25.1 Å². The standard InChI is InChI=1S/C12H17BrN2O/c1-15(9-10-4-2-3-7-16-10)12-5-6-14-8-11(12)13/h5-6,8,10H,2-4,7,9H2,1H3. The molecule has 0 amide bonds. The summed E-state index contributed by atoms with van der Waals surface area (Å²) in [5, 5.41) is 0. The van der Waals surface area contributed by atoms with Crippen LogP contribution >= 0.6 is 15.9 Å². The van der Waals surface area contributed by atoms with Crippen molar-refractivity contribution in [1.82, 2.24) is 4.98 Å². The number of pyridine rings is 1. The monoisotopic (exact) mass is 284 g/mol. The molecule has 2 heterocycles. The van der Waals surface area contributed by atoms with E-state index < -0.39 is 0 Å². The molecule has 0 spiro atoms. The highest BCUT2D eigenvalue weighted by Gasteiger charge is 2.16. The molecule has 1 aromatic heterocycles. The molecule has 1 aliphatic rings. The zero-order valence-electron chi connectivity index (χ0n) is 9.53. The van der Waals surface area contributed by atoms with E-state index >= 15 is 0 Å². The first-order chi connectivity index (χ1) is 7.77. The number of hydrogen-bond acceptors (Lipinski definition) is 3. The van der Waals surface area contributed by atoms with E-state index in [0.29, 0.717) is 6.10 Å². The molecule has 0 radical (unpaired) electrons. The normalized spacial score (nSPS) is 20.8. The molecule has 1 atom stereocenters. The molecular weight excluding hydrogens is 268 g/mol. The number of rotatable bonds is 3. The van der Waals surface area contributed by atoms with Gasteiger partial charge >= 0.3 is 0 Å². The van der Waals surface area contributed by atoms with Crippen molar-refractivity contribution in [3.8, 4) is 0 Å². The van der Waals surface area contributed by atoms with Gasteiger partial charge in [-0.25, -0.2) is 0 Å². The summed E-state index contributed by atoms with van der Waals surface area (Å²) in [7, 11) is 2.10. The molecule has 1 saturated heterocycles. The van der Waals surface area contributed by atoms with Crippen LogP contribution in [-0.4, -0.2) is 31.3 Å². The van der Waals surface area contributed by atoms with E-state index in [1.54, 1.807) is 0 Å². The molecule has 16 heavy (non-hydrogen) atoms. The first-order valence-electron chi connectivity index (χ1n) is 5.69. The Morgan fingerprint density at radius 3 is 3.12 bits per heavy atom. The highest BCUT2D eigenvalue weighted by Crippen LogP contribution is 2.25. The molecule has 88 valence electrons.